The second kappa shape index (κ2) is 7.34. The Labute approximate surface area is 83.7 Å². The van der Waals surface area contributed by atoms with Crippen LogP contribution in [0, 0.1) is 0 Å². The molecule has 0 aliphatic carbocycles. The number of hydrogen-bond acceptors (Lipinski definition) is 2. The summed E-state index contributed by atoms with van der Waals surface area (Å²) in [5.41, 5.74) is 0. The fraction of sp³-hybridized carbons (Fsp3) is 1.00. The van der Waals surface area contributed by atoms with Gasteiger partial charge >= 0.3 is 0 Å². The summed E-state index contributed by atoms with van der Waals surface area (Å²) in [7, 11) is 2.03. The lowest BCUT2D eigenvalue weighted by molar-refractivity contribution is 0.205. The molecule has 0 bridgehead atoms. The molecule has 80 valence electrons. The molecule has 0 saturated carbocycles. The summed E-state index contributed by atoms with van der Waals surface area (Å²) in [5.74, 6) is 0. The average molecular weight is 186 g/mol. The summed E-state index contributed by atoms with van der Waals surface area (Å²) in [6.07, 6.45) is 2.50. The maximum Gasteiger partial charge on any atom is 0.00641 e. The van der Waals surface area contributed by atoms with E-state index in [1.165, 1.54) is 25.9 Å². The molecule has 0 heterocycles. The van der Waals surface area contributed by atoms with E-state index in [0.29, 0.717) is 6.04 Å². The maximum absolute atomic E-state index is 3.27. The first-order valence-corrected chi connectivity index (χ1v) is 5.56. The molecule has 0 amide bonds. The molecule has 0 radical (unpaired) electrons. The Morgan fingerprint density at radius 3 is 2.23 bits per heavy atom. The summed E-state index contributed by atoms with van der Waals surface area (Å²) in [4.78, 5) is 2.55. The molecule has 2 atom stereocenters. The molecule has 1 N–H and O–H groups in total. The lowest BCUT2D eigenvalue weighted by Crippen LogP contribution is -2.36. The lowest BCUT2D eigenvalue weighted by Gasteiger charge is -2.27. The van der Waals surface area contributed by atoms with Gasteiger partial charge in [0.15, 0.2) is 0 Å². The molecule has 13 heavy (non-hydrogen) atoms. The third-order valence-electron chi connectivity index (χ3n) is 2.96. The van der Waals surface area contributed by atoms with Gasteiger partial charge in [0.05, 0.1) is 0 Å². The fourth-order valence-electron chi connectivity index (χ4n) is 1.45. The van der Waals surface area contributed by atoms with E-state index in [4.69, 9.17) is 0 Å². The highest BCUT2D eigenvalue weighted by Crippen LogP contribution is 2.04. The normalized spacial score (nSPS) is 16.2. The van der Waals surface area contributed by atoms with E-state index in [2.05, 4.69) is 37.9 Å². The molecular formula is C11H26N2. The van der Waals surface area contributed by atoms with Crippen molar-refractivity contribution in [2.75, 3.05) is 20.1 Å². The zero-order valence-electron chi connectivity index (χ0n) is 9.93. The van der Waals surface area contributed by atoms with Crippen molar-refractivity contribution in [3.63, 3.8) is 0 Å². The van der Waals surface area contributed by atoms with Crippen molar-refractivity contribution in [3.8, 4) is 0 Å². The van der Waals surface area contributed by atoms with E-state index < -0.39 is 0 Å². The SMILES string of the molecule is CCC(C)N(CC)CCC(C)NC. The van der Waals surface area contributed by atoms with E-state index in [0.717, 1.165) is 6.04 Å². The Bertz CT molecular complexity index is 115. The Balaban J connectivity index is 3.71. The van der Waals surface area contributed by atoms with Gasteiger partial charge in [0.2, 0.25) is 0 Å². The topological polar surface area (TPSA) is 15.3 Å². The van der Waals surface area contributed by atoms with Gasteiger partial charge < -0.3 is 10.2 Å². The van der Waals surface area contributed by atoms with Crippen LogP contribution in [0.5, 0.6) is 0 Å². The molecule has 0 aliphatic heterocycles. The first-order valence-electron chi connectivity index (χ1n) is 5.56. The molecule has 0 rings (SSSR count). The van der Waals surface area contributed by atoms with Gasteiger partial charge in [0.1, 0.15) is 0 Å². The van der Waals surface area contributed by atoms with E-state index >= 15 is 0 Å². The molecular weight excluding hydrogens is 160 g/mol. The van der Waals surface area contributed by atoms with E-state index in [1.54, 1.807) is 0 Å². The van der Waals surface area contributed by atoms with Crippen LogP contribution in [0.15, 0.2) is 0 Å². The molecule has 2 unspecified atom stereocenters. The molecule has 0 aliphatic rings. The number of hydrogen-bond donors (Lipinski definition) is 1. The largest absolute Gasteiger partial charge is 0.317 e. The standard InChI is InChI=1S/C11H26N2/c1-6-11(4)13(7-2)9-8-10(3)12-5/h10-12H,6-9H2,1-5H3. The van der Waals surface area contributed by atoms with Gasteiger partial charge in [0, 0.05) is 12.1 Å². The van der Waals surface area contributed by atoms with Gasteiger partial charge in [-0.2, -0.15) is 0 Å². The van der Waals surface area contributed by atoms with E-state index in [9.17, 15) is 0 Å². The number of nitrogens with one attached hydrogen (secondary N) is 1. The van der Waals surface area contributed by atoms with Crippen LogP contribution in [0.4, 0.5) is 0 Å². The molecule has 0 aromatic rings. The number of rotatable bonds is 7. The van der Waals surface area contributed by atoms with Gasteiger partial charge in [-0.05, 0) is 46.8 Å². The highest BCUT2D eigenvalue weighted by Gasteiger charge is 2.10. The molecule has 2 heteroatoms. The van der Waals surface area contributed by atoms with E-state index in [1.807, 2.05) is 7.05 Å². The van der Waals surface area contributed by atoms with Crippen molar-refractivity contribution in [1.82, 2.24) is 10.2 Å². The Kier molecular flexibility index (Phi) is 7.29. The first kappa shape index (κ1) is 12.9. The maximum atomic E-state index is 3.27. The van der Waals surface area contributed by atoms with Crippen LogP contribution in [0.25, 0.3) is 0 Å². The minimum atomic E-state index is 0.637. The van der Waals surface area contributed by atoms with Crippen LogP contribution < -0.4 is 5.32 Å². The van der Waals surface area contributed by atoms with Crippen molar-refractivity contribution in [2.24, 2.45) is 0 Å². The zero-order chi connectivity index (χ0) is 10.3. The highest BCUT2D eigenvalue weighted by molar-refractivity contribution is 4.67. The third-order valence-corrected chi connectivity index (χ3v) is 2.96. The van der Waals surface area contributed by atoms with Gasteiger partial charge in [-0.3, -0.25) is 0 Å². The van der Waals surface area contributed by atoms with Crippen LogP contribution in [0.3, 0.4) is 0 Å². The molecule has 0 fully saturated rings. The summed E-state index contributed by atoms with van der Waals surface area (Å²) in [6.45, 7) is 11.4. The molecule has 0 spiro atoms. The Morgan fingerprint density at radius 2 is 1.85 bits per heavy atom. The quantitative estimate of drug-likeness (QED) is 0.655. The summed E-state index contributed by atoms with van der Waals surface area (Å²) in [6, 6.07) is 1.37. The van der Waals surface area contributed by atoms with Gasteiger partial charge in [-0.15, -0.1) is 0 Å². The predicted octanol–water partition coefficient (Wildman–Crippen LogP) is 2.10. The zero-order valence-corrected chi connectivity index (χ0v) is 9.93. The van der Waals surface area contributed by atoms with Crippen LogP contribution in [0.2, 0.25) is 0 Å². The second-order valence-corrected chi connectivity index (χ2v) is 3.86. The van der Waals surface area contributed by atoms with E-state index in [-0.39, 0.29) is 0 Å². The minimum absolute atomic E-state index is 0.637. The average Bonchev–Trinajstić information content (AvgIpc) is 2.17. The van der Waals surface area contributed by atoms with Gasteiger partial charge in [-0.1, -0.05) is 13.8 Å². The monoisotopic (exact) mass is 186 g/mol. The predicted molar refractivity (Wildman–Crippen MR) is 60.1 cm³/mol. The van der Waals surface area contributed by atoms with Crippen molar-refractivity contribution >= 4 is 0 Å². The first-order chi connectivity index (χ1) is 6.15. The molecule has 0 saturated heterocycles. The van der Waals surface area contributed by atoms with Crippen molar-refractivity contribution < 1.29 is 0 Å². The van der Waals surface area contributed by atoms with Crippen molar-refractivity contribution in [1.29, 1.82) is 0 Å². The summed E-state index contributed by atoms with van der Waals surface area (Å²) in [5, 5.41) is 3.27. The summed E-state index contributed by atoms with van der Waals surface area (Å²) < 4.78 is 0. The number of nitrogens with zero attached hydrogens (tertiary/aromatic N) is 1. The highest BCUT2D eigenvalue weighted by atomic mass is 15.1. The van der Waals surface area contributed by atoms with Crippen LogP contribution in [-0.4, -0.2) is 37.1 Å². The fourth-order valence-corrected chi connectivity index (χ4v) is 1.45. The van der Waals surface area contributed by atoms with Crippen molar-refractivity contribution in [3.05, 3.63) is 0 Å². The molecule has 0 aromatic carbocycles. The smallest absolute Gasteiger partial charge is 0.00641 e. The summed E-state index contributed by atoms with van der Waals surface area (Å²) >= 11 is 0. The van der Waals surface area contributed by atoms with Crippen LogP contribution in [-0.2, 0) is 0 Å². The van der Waals surface area contributed by atoms with Gasteiger partial charge in [-0.25, -0.2) is 0 Å². The van der Waals surface area contributed by atoms with Crippen LogP contribution >= 0.6 is 0 Å². The Hall–Kier alpha value is -0.0800. The second-order valence-electron chi connectivity index (χ2n) is 3.86. The molecule has 2 nitrogen and oxygen atoms in total. The van der Waals surface area contributed by atoms with Crippen LogP contribution in [0.1, 0.15) is 40.5 Å². The lowest BCUT2D eigenvalue weighted by atomic mass is 10.1. The van der Waals surface area contributed by atoms with Gasteiger partial charge in [0.25, 0.3) is 0 Å². The third kappa shape index (κ3) is 5.27. The minimum Gasteiger partial charge on any atom is -0.317 e. The van der Waals surface area contributed by atoms with Crippen molar-refractivity contribution in [2.45, 2.75) is 52.6 Å². The Morgan fingerprint density at radius 1 is 1.23 bits per heavy atom. The molecule has 0 aromatic heterocycles.